The molecule has 17 heavy (non-hydrogen) atoms. The molecule has 0 amide bonds. The Morgan fingerprint density at radius 1 is 1.41 bits per heavy atom. The Morgan fingerprint density at radius 3 is 2.47 bits per heavy atom. The van der Waals surface area contributed by atoms with Crippen LogP contribution in [0.15, 0.2) is 5.16 Å². The molecule has 1 aromatic heterocycles. The molecule has 0 radical (unpaired) electrons. The average Bonchev–Trinajstić information content (AvgIpc) is 2.54. The predicted octanol–water partition coefficient (Wildman–Crippen LogP) is 1.46. The molecular formula is C10H16N4O2S. The van der Waals surface area contributed by atoms with E-state index in [0.717, 1.165) is 11.8 Å². The highest BCUT2D eigenvalue weighted by Gasteiger charge is 2.67. The number of rotatable bonds is 4. The highest BCUT2D eigenvalue weighted by molar-refractivity contribution is 7.99. The Labute approximate surface area is 104 Å². The van der Waals surface area contributed by atoms with Crippen LogP contribution in [0, 0.1) is 10.8 Å². The lowest BCUT2D eigenvalue weighted by Gasteiger charge is -2.04. The van der Waals surface area contributed by atoms with Crippen LogP contribution >= 0.6 is 11.8 Å². The van der Waals surface area contributed by atoms with E-state index in [9.17, 15) is 4.79 Å². The van der Waals surface area contributed by atoms with Crippen molar-refractivity contribution in [3.8, 4) is 0 Å². The number of hydrogen-bond donors (Lipinski definition) is 1. The Hall–Kier alpha value is -1.11. The lowest BCUT2D eigenvalue weighted by atomic mass is 10.0. The fourth-order valence-electron chi connectivity index (χ4n) is 2.34. The van der Waals surface area contributed by atoms with Gasteiger partial charge in [-0.15, -0.1) is 5.10 Å². The topological polar surface area (TPSA) is 80.9 Å². The largest absolute Gasteiger partial charge is 0.481 e. The molecule has 1 aromatic rings. The molecule has 1 heterocycles. The molecule has 7 heteroatoms. The summed E-state index contributed by atoms with van der Waals surface area (Å²) in [7, 11) is 0. The zero-order valence-electron chi connectivity index (χ0n) is 10.3. The van der Waals surface area contributed by atoms with Gasteiger partial charge in [0, 0.05) is 0 Å². The van der Waals surface area contributed by atoms with E-state index in [1.807, 2.05) is 0 Å². The molecule has 0 atom stereocenters. The Balaban J connectivity index is 2.19. The highest BCUT2D eigenvalue weighted by atomic mass is 32.2. The van der Waals surface area contributed by atoms with Crippen molar-refractivity contribution in [1.82, 2.24) is 20.2 Å². The fraction of sp³-hybridized carbons (Fsp3) is 0.800. The molecule has 0 saturated heterocycles. The third-order valence-electron chi connectivity index (χ3n) is 3.98. The number of tetrazole rings is 1. The van der Waals surface area contributed by atoms with E-state index in [1.165, 1.54) is 0 Å². The van der Waals surface area contributed by atoms with E-state index in [2.05, 4.69) is 43.2 Å². The van der Waals surface area contributed by atoms with Gasteiger partial charge in [-0.25, -0.2) is 4.68 Å². The molecule has 0 unspecified atom stereocenters. The second kappa shape index (κ2) is 3.69. The van der Waals surface area contributed by atoms with Gasteiger partial charge in [-0.1, -0.05) is 39.5 Å². The molecule has 94 valence electrons. The van der Waals surface area contributed by atoms with Crippen molar-refractivity contribution >= 4 is 17.7 Å². The minimum Gasteiger partial charge on any atom is -0.481 e. The summed E-state index contributed by atoms with van der Waals surface area (Å²) in [6, 6.07) is 0.223. The maximum absolute atomic E-state index is 10.5. The van der Waals surface area contributed by atoms with E-state index < -0.39 is 5.97 Å². The molecule has 1 aliphatic rings. The van der Waals surface area contributed by atoms with Crippen molar-refractivity contribution < 1.29 is 9.90 Å². The van der Waals surface area contributed by atoms with Gasteiger partial charge in [-0.2, -0.15) is 0 Å². The fourth-order valence-corrected chi connectivity index (χ4v) is 2.96. The first kappa shape index (κ1) is 12.3. The van der Waals surface area contributed by atoms with E-state index in [1.54, 1.807) is 4.68 Å². The third-order valence-corrected chi connectivity index (χ3v) is 4.89. The van der Waals surface area contributed by atoms with Crippen LogP contribution in [0.1, 0.15) is 33.7 Å². The van der Waals surface area contributed by atoms with Crippen LogP contribution in [0.3, 0.4) is 0 Å². The Bertz CT molecular complexity index is 441. The summed E-state index contributed by atoms with van der Waals surface area (Å²) in [4.78, 5) is 10.5. The standard InChI is InChI=1S/C10H16N4O2S/c1-9(2)7(10(9,3)4)14-8(11-12-13-14)17-5-6(15)16/h7H,5H2,1-4H3,(H,15,16). The maximum atomic E-state index is 10.5. The second-order valence-electron chi connectivity index (χ2n) is 5.43. The summed E-state index contributed by atoms with van der Waals surface area (Å²) in [6.07, 6.45) is 0. The van der Waals surface area contributed by atoms with E-state index in [4.69, 9.17) is 5.11 Å². The van der Waals surface area contributed by atoms with Crippen molar-refractivity contribution in [2.24, 2.45) is 10.8 Å². The molecule has 6 nitrogen and oxygen atoms in total. The smallest absolute Gasteiger partial charge is 0.313 e. The predicted molar refractivity (Wildman–Crippen MR) is 62.8 cm³/mol. The third kappa shape index (κ3) is 1.82. The van der Waals surface area contributed by atoms with Crippen LogP contribution in [0.2, 0.25) is 0 Å². The van der Waals surface area contributed by atoms with Gasteiger partial charge in [-0.05, 0) is 21.3 Å². The number of thioether (sulfide) groups is 1. The van der Waals surface area contributed by atoms with Gasteiger partial charge in [0.25, 0.3) is 0 Å². The minimum atomic E-state index is -0.862. The lowest BCUT2D eigenvalue weighted by molar-refractivity contribution is -0.133. The molecule has 1 N–H and O–H groups in total. The number of carboxylic acids is 1. The number of hydrogen-bond acceptors (Lipinski definition) is 5. The first-order valence-electron chi connectivity index (χ1n) is 5.41. The molecule has 0 spiro atoms. The van der Waals surface area contributed by atoms with Crippen LogP contribution in [-0.2, 0) is 4.79 Å². The second-order valence-corrected chi connectivity index (χ2v) is 6.38. The van der Waals surface area contributed by atoms with Gasteiger partial charge >= 0.3 is 5.97 Å². The lowest BCUT2D eigenvalue weighted by Crippen LogP contribution is -2.07. The monoisotopic (exact) mass is 256 g/mol. The van der Waals surface area contributed by atoms with Gasteiger partial charge in [0.1, 0.15) is 0 Å². The summed E-state index contributed by atoms with van der Waals surface area (Å²) < 4.78 is 1.76. The van der Waals surface area contributed by atoms with Crippen molar-refractivity contribution in [3.05, 3.63) is 0 Å². The normalized spacial score (nSPS) is 21.4. The van der Waals surface area contributed by atoms with Crippen LogP contribution in [0.5, 0.6) is 0 Å². The minimum absolute atomic E-state index is 0.0199. The number of carboxylic acid groups (broad SMARTS) is 1. The summed E-state index contributed by atoms with van der Waals surface area (Å²) in [5.41, 5.74) is 0.252. The average molecular weight is 256 g/mol. The van der Waals surface area contributed by atoms with Crippen LogP contribution in [0.4, 0.5) is 0 Å². The summed E-state index contributed by atoms with van der Waals surface area (Å²) in [5, 5.41) is 20.8. The van der Waals surface area contributed by atoms with Crippen molar-refractivity contribution in [2.45, 2.75) is 38.9 Å². The van der Waals surface area contributed by atoms with Gasteiger partial charge in [0.05, 0.1) is 11.8 Å². The number of nitrogens with zero attached hydrogens (tertiary/aromatic N) is 4. The Morgan fingerprint density at radius 2 is 2.00 bits per heavy atom. The molecule has 1 fully saturated rings. The molecule has 0 bridgehead atoms. The SMILES string of the molecule is CC1(C)C(n2nnnc2SCC(=O)O)C1(C)C. The molecule has 1 aliphatic carbocycles. The van der Waals surface area contributed by atoms with Crippen molar-refractivity contribution in [2.75, 3.05) is 5.75 Å². The summed E-state index contributed by atoms with van der Waals surface area (Å²) >= 11 is 1.16. The zero-order valence-corrected chi connectivity index (χ0v) is 11.2. The number of aliphatic carboxylic acids is 1. The number of aromatic nitrogens is 4. The van der Waals surface area contributed by atoms with Gasteiger partial charge in [0.2, 0.25) is 5.16 Å². The van der Waals surface area contributed by atoms with Crippen molar-refractivity contribution in [1.29, 1.82) is 0 Å². The number of carbonyl (C=O) groups is 1. The first-order chi connectivity index (χ1) is 7.78. The highest BCUT2D eigenvalue weighted by Crippen LogP contribution is 2.71. The van der Waals surface area contributed by atoms with Crippen molar-refractivity contribution in [3.63, 3.8) is 0 Å². The Kier molecular flexibility index (Phi) is 2.68. The molecule has 1 saturated carbocycles. The zero-order chi connectivity index (χ0) is 12.8. The summed E-state index contributed by atoms with van der Waals surface area (Å²) in [6.45, 7) is 8.69. The van der Waals surface area contributed by atoms with E-state index >= 15 is 0 Å². The first-order valence-corrected chi connectivity index (χ1v) is 6.39. The van der Waals surface area contributed by atoms with Gasteiger partial charge in [-0.3, -0.25) is 4.79 Å². The molecular weight excluding hydrogens is 240 g/mol. The molecule has 0 aliphatic heterocycles. The van der Waals surface area contributed by atoms with Gasteiger partial charge < -0.3 is 5.11 Å². The van der Waals surface area contributed by atoms with E-state index in [-0.39, 0.29) is 22.6 Å². The van der Waals surface area contributed by atoms with Crippen LogP contribution in [-0.4, -0.2) is 37.0 Å². The van der Waals surface area contributed by atoms with E-state index in [0.29, 0.717) is 5.16 Å². The quantitative estimate of drug-likeness (QED) is 0.821. The van der Waals surface area contributed by atoms with Crippen LogP contribution in [0.25, 0.3) is 0 Å². The molecule has 0 aromatic carbocycles. The van der Waals surface area contributed by atoms with Crippen LogP contribution < -0.4 is 0 Å². The summed E-state index contributed by atoms with van der Waals surface area (Å²) in [5.74, 6) is -0.882. The molecule has 2 rings (SSSR count). The maximum Gasteiger partial charge on any atom is 0.313 e. The van der Waals surface area contributed by atoms with Gasteiger partial charge in [0.15, 0.2) is 0 Å².